The van der Waals surface area contributed by atoms with Crippen LogP contribution in [0.25, 0.3) is 4.98 Å². The molecule has 0 fully saturated rings. The molecular weight excluding hydrogens is 267 g/mol. The molecule has 0 aliphatic rings. The van der Waals surface area contributed by atoms with Crippen LogP contribution in [0.15, 0.2) is 24.3 Å². The number of carbonyl (C=O) groups is 1. The van der Waals surface area contributed by atoms with Crippen molar-refractivity contribution in [2.75, 3.05) is 0 Å². The van der Waals surface area contributed by atoms with Crippen molar-refractivity contribution in [1.29, 1.82) is 5.39 Å². The van der Waals surface area contributed by atoms with Crippen molar-refractivity contribution in [2.45, 2.75) is 19.8 Å². The highest BCUT2D eigenvalue weighted by Gasteiger charge is 2.20. The molecule has 0 atom stereocenters. The monoisotopic (exact) mass is 278 g/mol. The average molecular weight is 278 g/mol. The highest BCUT2D eigenvalue weighted by atomic mass is 19.5. The van der Waals surface area contributed by atoms with E-state index in [9.17, 15) is 22.1 Å². The van der Waals surface area contributed by atoms with Gasteiger partial charge in [0.05, 0.1) is 0 Å². The average Bonchev–Trinajstić information content (AvgIpc) is 2.28. The first-order chi connectivity index (χ1) is 8.76. The molecule has 1 aromatic rings. The molecule has 104 valence electrons. The molecule has 0 aromatic heterocycles. The first kappa shape index (κ1) is 16.9. The number of hydrogen-bond donors (Lipinski definition) is 0. The number of esters is 1. The molecule has 0 aliphatic carbocycles. The molecule has 9 heteroatoms. The van der Waals surface area contributed by atoms with Crippen LogP contribution in [0.5, 0.6) is 5.75 Å². The third-order valence-corrected chi connectivity index (χ3v) is 1.64. The van der Waals surface area contributed by atoms with Gasteiger partial charge in [0.15, 0.2) is 4.98 Å². The standard InChI is InChI=1S/C10H11N2O2.BF4/c1-2-3-10(13)14-9-6-4-8(12-11)5-7-9;2-1(3,4)5/h4-7H,2-3H2,1H3;/q+1;-1. The summed E-state index contributed by atoms with van der Waals surface area (Å²) in [6.45, 7) is 1.91. The van der Waals surface area contributed by atoms with Gasteiger partial charge in [0.25, 0.3) is 0 Å². The Hall–Kier alpha value is -2.11. The fourth-order valence-electron chi connectivity index (χ4n) is 0.967. The Kier molecular flexibility index (Phi) is 7.18. The van der Waals surface area contributed by atoms with Gasteiger partial charge in [-0.3, -0.25) is 4.79 Å². The van der Waals surface area contributed by atoms with E-state index in [4.69, 9.17) is 10.1 Å². The second-order valence-corrected chi connectivity index (χ2v) is 3.31. The quantitative estimate of drug-likeness (QED) is 0.274. The highest BCUT2D eigenvalue weighted by molar-refractivity contribution is 6.50. The molecule has 1 rings (SSSR count). The lowest BCUT2D eigenvalue weighted by Crippen LogP contribution is -2.06. The lowest BCUT2D eigenvalue weighted by Gasteiger charge is -2.00. The van der Waals surface area contributed by atoms with Gasteiger partial charge in [-0.15, -0.1) is 0 Å². The first-order valence-corrected chi connectivity index (χ1v) is 5.29. The zero-order valence-electron chi connectivity index (χ0n) is 10.0. The number of ether oxygens (including phenoxy) is 1. The Morgan fingerprint density at radius 2 is 1.74 bits per heavy atom. The van der Waals surface area contributed by atoms with Crippen LogP contribution in [0, 0.1) is 5.39 Å². The van der Waals surface area contributed by atoms with Crippen LogP contribution in [-0.4, -0.2) is 13.2 Å². The van der Waals surface area contributed by atoms with Crippen molar-refractivity contribution >= 4 is 18.9 Å². The minimum Gasteiger partial charge on any atom is -0.427 e. The Bertz CT molecular complexity index is 436. The predicted molar refractivity (Wildman–Crippen MR) is 61.9 cm³/mol. The summed E-state index contributed by atoms with van der Waals surface area (Å²) in [7, 11) is -6.00. The third kappa shape index (κ3) is 10.8. The van der Waals surface area contributed by atoms with Gasteiger partial charge in [0.1, 0.15) is 5.75 Å². The largest absolute Gasteiger partial charge is 0.673 e. The van der Waals surface area contributed by atoms with E-state index in [2.05, 4.69) is 4.98 Å². The summed E-state index contributed by atoms with van der Waals surface area (Å²) in [4.78, 5) is 14.1. The van der Waals surface area contributed by atoms with Crippen molar-refractivity contribution in [1.82, 2.24) is 0 Å². The zero-order chi connectivity index (χ0) is 14.9. The van der Waals surface area contributed by atoms with E-state index in [0.29, 0.717) is 17.9 Å². The molecule has 0 radical (unpaired) electrons. The zero-order valence-corrected chi connectivity index (χ0v) is 10.0. The van der Waals surface area contributed by atoms with E-state index in [1.807, 2.05) is 6.92 Å². The van der Waals surface area contributed by atoms with Gasteiger partial charge in [0, 0.05) is 18.6 Å². The van der Waals surface area contributed by atoms with E-state index in [0.717, 1.165) is 6.42 Å². The summed E-state index contributed by atoms with van der Waals surface area (Å²) in [5.74, 6) is 0.219. The van der Waals surface area contributed by atoms with Crippen LogP contribution in [0.4, 0.5) is 23.0 Å². The van der Waals surface area contributed by atoms with Crippen molar-refractivity contribution in [3.8, 4) is 5.75 Å². The molecule has 4 nitrogen and oxygen atoms in total. The van der Waals surface area contributed by atoms with E-state index in [1.165, 1.54) is 0 Å². The summed E-state index contributed by atoms with van der Waals surface area (Å²) >= 11 is 0. The maximum atomic E-state index is 11.1. The van der Waals surface area contributed by atoms with E-state index in [1.54, 1.807) is 24.3 Å². The smallest absolute Gasteiger partial charge is 0.427 e. The fraction of sp³-hybridized carbons (Fsp3) is 0.300. The summed E-state index contributed by atoms with van der Waals surface area (Å²) in [6, 6.07) is 6.30. The molecule has 0 saturated carbocycles. The van der Waals surface area contributed by atoms with Crippen molar-refractivity contribution in [2.24, 2.45) is 0 Å². The van der Waals surface area contributed by atoms with E-state index >= 15 is 0 Å². The minimum absolute atomic E-state index is 0.249. The Labute approximate surface area is 107 Å². The first-order valence-electron chi connectivity index (χ1n) is 5.29. The summed E-state index contributed by atoms with van der Waals surface area (Å²) < 4.78 is 44.0. The normalized spacial score (nSPS) is 9.89. The van der Waals surface area contributed by atoms with Crippen LogP contribution >= 0.6 is 0 Å². The molecule has 0 unspecified atom stereocenters. The van der Waals surface area contributed by atoms with Gasteiger partial charge in [-0.25, -0.2) is 0 Å². The lowest BCUT2D eigenvalue weighted by molar-refractivity contribution is -0.134. The van der Waals surface area contributed by atoms with Gasteiger partial charge in [0.2, 0.25) is 5.39 Å². The van der Waals surface area contributed by atoms with Crippen LogP contribution in [0.1, 0.15) is 19.8 Å². The van der Waals surface area contributed by atoms with Crippen LogP contribution in [-0.2, 0) is 4.79 Å². The maximum Gasteiger partial charge on any atom is 0.673 e. The number of hydrogen-bond acceptors (Lipinski definition) is 3. The molecule has 0 saturated heterocycles. The molecule has 0 spiro atoms. The number of nitrogens with zero attached hydrogens (tertiary/aromatic N) is 2. The van der Waals surface area contributed by atoms with Crippen molar-refractivity contribution < 1.29 is 26.8 Å². The number of rotatable bonds is 3. The van der Waals surface area contributed by atoms with Crippen LogP contribution in [0.2, 0.25) is 0 Å². The second-order valence-electron chi connectivity index (χ2n) is 3.31. The summed E-state index contributed by atoms with van der Waals surface area (Å²) in [5.41, 5.74) is 0.431. The number of halogens is 4. The van der Waals surface area contributed by atoms with E-state index in [-0.39, 0.29) is 5.97 Å². The molecule has 0 amide bonds. The van der Waals surface area contributed by atoms with Gasteiger partial charge < -0.3 is 22.0 Å². The van der Waals surface area contributed by atoms with Crippen molar-refractivity contribution in [3.63, 3.8) is 0 Å². The second kappa shape index (κ2) is 8.08. The van der Waals surface area contributed by atoms with E-state index < -0.39 is 7.25 Å². The molecule has 0 heterocycles. The summed E-state index contributed by atoms with van der Waals surface area (Å²) in [6.07, 6.45) is 1.18. The molecule has 19 heavy (non-hydrogen) atoms. The third-order valence-electron chi connectivity index (χ3n) is 1.64. The molecule has 0 bridgehead atoms. The van der Waals surface area contributed by atoms with Gasteiger partial charge in [-0.2, -0.15) is 0 Å². The Morgan fingerprint density at radius 3 is 2.11 bits per heavy atom. The fourth-order valence-corrected chi connectivity index (χ4v) is 0.967. The molecular formula is C10H11BF4N2O2. The molecule has 1 aromatic carbocycles. The number of diazo groups is 1. The molecule has 0 N–H and O–H groups in total. The minimum atomic E-state index is -6.00. The maximum absolute atomic E-state index is 11.1. The topological polar surface area (TPSA) is 54.5 Å². The van der Waals surface area contributed by atoms with Gasteiger partial charge in [-0.05, 0) is 18.6 Å². The lowest BCUT2D eigenvalue weighted by atomic mass is 10.3. The van der Waals surface area contributed by atoms with Crippen LogP contribution in [0.3, 0.4) is 0 Å². The van der Waals surface area contributed by atoms with Crippen LogP contribution < -0.4 is 4.74 Å². The van der Waals surface area contributed by atoms with Gasteiger partial charge in [-0.1, -0.05) is 6.92 Å². The Balaban J connectivity index is 0.000000555. The predicted octanol–water partition coefficient (Wildman–Crippen LogP) is 4.18. The number of carbonyl (C=O) groups excluding carboxylic acids is 1. The summed E-state index contributed by atoms with van der Waals surface area (Å²) in [5, 5.41) is 8.41. The number of benzene rings is 1. The van der Waals surface area contributed by atoms with Crippen molar-refractivity contribution in [3.05, 3.63) is 29.2 Å². The highest BCUT2D eigenvalue weighted by Crippen LogP contribution is 2.18. The Morgan fingerprint density at radius 1 is 1.26 bits per heavy atom. The molecule has 0 aliphatic heterocycles. The SMILES string of the molecule is CCCC(=O)Oc1ccc([N+]#N)cc1.F[B-](F)(F)F. The van der Waals surface area contributed by atoms with Gasteiger partial charge >= 0.3 is 18.9 Å².